The molecule has 1 atom stereocenters. The first kappa shape index (κ1) is 20.4. The summed E-state index contributed by atoms with van der Waals surface area (Å²) in [6.07, 6.45) is 0.685. The largest absolute Gasteiger partial charge is 0.356 e. The molecule has 2 aromatic rings. The maximum Gasteiger partial charge on any atom is 0.251 e. The Labute approximate surface area is 157 Å². The molecule has 7 heteroatoms. The van der Waals surface area contributed by atoms with E-state index in [1.54, 1.807) is 27.1 Å². The molecule has 0 aromatic heterocycles. The van der Waals surface area contributed by atoms with Crippen LogP contribution in [0.1, 0.15) is 34.5 Å². The number of nitrogens with one attached hydrogen (secondary N) is 3. The minimum Gasteiger partial charge on any atom is -0.356 e. The van der Waals surface area contributed by atoms with Gasteiger partial charge in [0.05, 0.1) is 6.04 Å². The minimum atomic E-state index is -0.607. The zero-order chi connectivity index (χ0) is 19.8. The van der Waals surface area contributed by atoms with Crippen LogP contribution >= 0.6 is 0 Å². The van der Waals surface area contributed by atoms with Crippen LogP contribution in [-0.4, -0.2) is 32.5 Å². The van der Waals surface area contributed by atoms with Gasteiger partial charge in [0.1, 0.15) is 11.6 Å². The molecule has 0 spiro atoms. The van der Waals surface area contributed by atoms with E-state index in [1.165, 1.54) is 12.1 Å². The van der Waals surface area contributed by atoms with Gasteiger partial charge < -0.3 is 16.0 Å². The summed E-state index contributed by atoms with van der Waals surface area (Å²) in [7, 11) is 3.21. The van der Waals surface area contributed by atoms with Crippen LogP contribution < -0.4 is 16.0 Å². The smallest absolute Gasteiger partial charge is 0.251 e. The first-order valence-electron chi connectivity index (χ1n) is 8.67. The molecule has 144 valence electrons. The molecule has 0 radical (unpaired) electrons. The second-order valence-electron chi connectivity index (χ2n) is 6.06. The molecule has 0 fully saturated rings. The van der Waals surface area contributed by atoms with Gasteiger partial charge in [0.2, 0.25) is 0 Å². The summed E-state index contributed by atoms with van der Waals surface area (Å²) >= 11 is 0. The van der Waals surface area contributed by atoms with E-state index in [2.05, 4.69) is 20.9 Å². The summed E-state index contributed by atoms with van der Waals surface area (Å²) in [5.74, 6) is -0.826. The number of benzene rings is 2. The van der Waals surface area contributed by atoms with Crippen LogP contribution in [-0.2, 0) is 6.42 Å². The van der Waals surface area contributed by atoms with Crippen molar-refractivity contribution >= 4 is 11.9 Å². The monoisotopic (exact) mass is 374 g/mol. The zero-order valence-corrected chi connectivity index (χ0v) is 15.6. The van der Waals surface area contributed by atoms with Crippen LogP contribution in [0.25, 0.3) is 0 Å². The molecule has 0 saturated carbocycles. The van der Waals surface area contributed by atoms with Crippen LogP contribution in [0, 0.1) is 11.6 Å². The SMILES string of the molecule is CN=C(NCCc1cccc(C(=O)NC)c1)NC(C)c1ccc(F)cc1F. The van der Waals surface area contributed by atoms with Crippen molar-refractivity contribution in [1.29, 1.82) is 0 Å². The van der Waals surface area contributed by atoms with Crippen molar-refractivity contribution in [3.05, 3.63) is 70.8 Å². The van der Waals surface area contributed by atoms with Gasteiger partial charge in [0.25, 0.3) is 5.91 Å². The molecular weight excluding hydrogens is 350 g/mol. The highest BCUT2D eigenvalue weighted by Crippen LogP contribution is 2.17. The van der Waals surface area contributed by atoms with Crippen LogP contribution in [0.4, 0.5) is 8.78 Å². The van der Waals surface area contributed by atoms with Gasteiger partial charge in [-0.25, -0.2) is 8.78 Å². The highest BCUT2D eigenvalue weighted by molar-refractivity contribution is 5.94. The van der Waals surface area contributed by atoms with Crippen LogP contribution in [0.15, 0.2) is 47.5 Å². The van der Waals surface area contributed by atoms with Crippen LogP contribution in [0.3, 0.4) is 0 Å². The lowest BCUT2D eigenvalue weighted by atomic mass is 10.1. The molecule has 0 heterocycles. The van der Waals surface area contributed by atoms with Gasteiger partial charge in [-0.1, -0.05) is 18.2 Å². The van der Waals surface area contributed by atoms with Crippen molar-refractivity contribution in [3.8, 4) is 0 Å². The van der Waals surface area contributed by atoms with Crippen molar-refractivity contribution in [2.75, 3.05) is 20.6 Å². The van der Waals surface area contributed by atoms with Crippen LogP contribution in [0.2, 0.25) is 0 Å². The van der Waals surface area contributed by atoms with Gasteiger partial charge >= 0.3 is 0 Å². The molecule has 0 aliphatic carbocycles. The highest BCUT2D eigenvalue weighted by atomic mass is 19.1. The highest BCUT2D eigenvalue weighted by Gasteiger charge is 2.13. The normalized spacial score (nSPS) is 12.4. The number of rotatable bonds is 6. The quantitative estimate of drug-likeness (QED) is 0.538. The molecule has 0 saturated heterocycles. The lowest BCUT2D eigenvalue weighted by Crippen LogP contribution is -2.39. The fourth-order valence-electron chi connectivity index (χ4n) is 2.67. The maximum absolute atomic E-state index is 13.9. The van der Waals surface area contributed by atoms with E-state index < -0.39 is 11.6 Å². The van der Waals surface area contributed by atoms with E-state index in [-0.39, 0.29) is 11.9 Å². The minimum absolute atomic E-state index is 0.127. The van der Waals surface area contributed by atoms with Gasteiger partial charge in [0, 0.05) is 37.8 Å². The van der Waals surface area contributed by atoms with Gasteiger partial charge in [-0.05, 0) is 37.1 Å². The number of carbonyl (C=O) groups is 1. The van der Waals surface area contributed by atoms with Gasteiger partial charge in [-0.2, -0.15) is 0 Å². The van der Waals surface area contributed by atoms with Crippen molar-refractivity contribution in [2.45, 2.75) is 19.4 Å². The Kier molecular flexibility index (Phi) is 7.28. The standard InChI is InChI=1S/C20H24F2N4O/c1-13(17-8-7-16(21)12-18(17)22)26-20(24-3)25-10-9-14-5-4-6-15(11-14)19(27)23-2/h4-8,11-13H,9-10H2,1-3H3,(H,23,27)(H2,24,25,26). The zero-order valence-electron chi connectivity index (χ0n) is 15.6. The van der Waals surface area contributed by atoms with E-state index in [0.29, 0.717) is 30.1 Å². The molecule has 0 aliphatic rings. The fourth-order valence-corrected chi connectivity index (χ4v) is 2.67. The molecular formula is C20H24F2N4O. The lowest BCUT2D eigenvalue weighted by molar-refractivity contribution is 0.0963. The number of carbonyl (C=O) groups excluding carboxylic acids is 1. The van der Waals surface area contributed by atoms with Crippen molar-refractivity contribution in [1.82, 2.24) is 16.0 Å². The number of hydrogen-bond donors (Lipinski definition) is 3. The molecule has 1 amide bonds. The second-order valence-corrected chi connectivity index (χ2v) is 6.06. The molecule has 2 aromatic carbocycles. The third-order valence-corrected chi connectivity index (χ3v) is 4.13. The number of hydrogen-bond acceptors (Lipinski definition) is 2. The molecule has 5 nitrogen and oxygen atoms in total. The second kappa shape index (κ2) is 9.66. The van der Waals surface area contributed by atoms with E-state index in [4.69, 9.17) is 0 Å². The topological polar surface area (TPSA) is 65.5 Å². The number of halogens is 2. The van der Waals surface area contributed by atoms with Crippen molar-refractivity contribution in [3.63, 3.8) is 0 Å². The summed E-state index contributed by atoms with van der Waals surface area (Å²) in [6.45, 7) is 2.35. The number of aliphatic imine (C=N–C) groups is 1. The predicted molar refractivity (Wildman–Crippen MR) is 103 cm³/mol. The van der Waals surface area contributed by atoms with Crippen molar-refractivity contribution < 1.29 is 13.6 Å². The molecule has 0 bridgehead atoms. The fraction of sp³-hybridized carbons (Fsp3) is 0.300. The summed E-state index contributed by atoms with van der Waals surface area (Å²) in [5.41, 5.74) is 1.98. The Morgan fingerprint density at radius 1 is 1.19 bits per heavy atom. The summed E-state index contributed by atoms with van der Waals surface area (Å²) in [4.78, 5) is 15.8. The molecule has 0 aliphatic heterocycles. The van der Waals surface area contributed by atoms with E-state index in [9.17, 15) is 13.6 Å². The Balaban J connectivity index is 1.91. The average Bonchev–Trinajstić information content (AvgIpc) is 2.66. The lowest BCUT2D eigenvalue weighted by Gasteiger charge is -2.19. The Bertz CT molecular complexity index is 823. The molecule has 2 rings (SSSR count). The summed E-state index contributed by atoms with van der Waals surface area (Å²) in [5, 5.41) is 8.83. The van der Waals surface area contributed by atoms with E-state index in [0.717, 1.165) is 11.6 Å². The Morgan fingerprint density at radius 3 is 2.63 bits per heavy atom. The number of guanidine groups is 1. The first-order valence-corrected chi connectivity index (χ1v) is 8.67. The van der Waals surface area contributed by atoms with Gasteiger partial charge in [-0.15, -0.1) is 0 Å². The molecule has 1 unspecified atom stereocenters. The third-order valence-electron chi connectivity index (χ3n) is 4.13. The summed E-state index contributed by atoms with van der Waals surface area (Å²) in [6, 6.07) is 10.5. The van der Waals surface area contributed by atoms with Gasteiger partial charge in [0.15, 0.2) is 5.96 Å². The van der Waals surface area contributed by atoms with E-state index >= 15 is 0 Å². The van der Waals surface area contributed by atoms with Crippen molar-refractivity contribution in [2.24, 2.45) is 4.99 Å². The maximum atomic E-state index is 13.9. The van der Waals surface area contributed by atoms with Gasteiger partial charge in [-0.3, -0.25) is 9.79 Å². The molecule has 3 N–H and O–H groups in total. The Morgan fingerprint density at radius 2 is 1.96 bits per heavy atom. The first-order chi connectivity index (χ1) is 12.9. The Hall–Kier alpha value is -2.96. The molecule has 27 heavy (non-hydrogen) atoms. The summed E-state index contributed by atoms with van der Waals surface area (Å²) < 4.78 is 26.9. The van der Waals surface area contributed by atoms with Crippen LogP contribution in [0.5, 0.6) is 0 Å². The average molecular weight is 374 g/mol. The predicted octanol–water partition coefficient (Wildman–Crippen LogP) is 2.79. The number of nitrogens with zero attached hydrogens (tertiary/aromatic N) is 1. The van der Waals surface area contributed by atoms with E-state index in [1.807, 2.05) is 18.2 Å². The number of amides is 1. The third kappa shape index (κ3) is 5.77.